The van der Waals surface area contributed by atoms with Gasteiger partial charge in [0.15, 0.2) is 0 Å². The molecule has 3 heteroatoms. The first kappa shape index (κ1) is 18.0. The van der Waals surface area contributed by atoms with Crippen LogP contribution in [0.25, 0.3) is 0 Å². The molecule has 1 unspecified atom stereocenters. The fourth-order valence-corrected chi connectivity index (χ4v) is 2.46. The molecule has 1 atom stereocenters. The summed E-state index contributed by atoms with van der Waals surface area (Å²) in [4.78, 5) is 0. The van der Waals surface area contributed by atoms with Gasteiger partial charge in [0.05, 0.1) is 19.8 Å². The van der Waals surface area contributed by atoms with E-state index in [-0.39, 0.29) is 6.04 Å². The Labute approximate surface area is 130 Å². The van der Waals surface area contributed by atoms with E-state index in [2.05, 4.69) is 38.2 Å². The standard InChI is InChI=1S/C18H31NO2/c1-5-7-8-9-12-21-14-17(19-6-2)16-13-15(3)10-11-18(16)20-4/h10-11,13,17,19H,5-9,12,14H2,1-4H3. The van der Waals surface area contributed by atoms with E-state index < -0.39 is 0 Å². The zero-order valence-corrected chi connectivity index (χ0v) is 14.1. The third-order valence-electron chi connectivity index (χ3n) is 3.64. The van der Waals surface area contributed by atoms with Gasteiger partial charge in [0.25, 0.3) is 0 Å². The van der Waals surface area contributed by atoms with Crippen LogP contribution < -0.4 is 10.1 Å². The molecule has 0 fully saturated rings. The maximum absolute atomic E-state index is 5.87. The number of unbranched alkanes of at least 4 members (excludes halogenated alkanes) is 3. The third-order valence-corrected chi connectivity index (χ3v) is 3.64. The van der Waals surface area contributed by atoms with E-state index in [1.165, 1.54) is 30.4 Å². The average Bonchev–Trinajstić information content (AvgIpc) is 2.49. The molecule has 1 N–H and O–H groups in total. The van der Waals surface area contributed by atoms with E-state index >= 15 is 0 Å². The van der Waals surface area contributed by atoms with Crippen molar-refractivity contribution >= 4 is 0 Å². The minimum absolute atomic E-state index is 0.191. The van der Waals surface area contributed by atoms with Crippen molar-refractivity contribution in [3.8, 4) is 5.75 Å². The Kier molecular flexibility index (Phi) is 9.11. The summed E-state index contributed by atoms with van der Waals surface area (Å²) in [6, 6.07) is 6.50. The van der Waals surface area contributed by atoms with Gasteiger partial charge >= 0.3 is 0 Å². The van der Waals surface area contributed by atoms with Crippen molar-refractivity contribution in [1.29, 1.82) is 0 Å². The first-order valence-corrected chi connectivity index (χ1v) is 8.18. The molecule has 0 aliphatic carbocycles. The van der Waals surface area contributed by atoms with Gasteiger partial charge in [-0.3, -0.25) is 0 Å². The van der Waals surface area contributed by atoms with Crippen LogP contribution in [-0.2, 0) is 4.74 Å². The average molecular weight is 293 g/mol. The van der Waals surface area contributed by atoms with Crippen molar-refractivity contribution in [3.05, 3.63) is 29.3 Å². The van der Waals surface area contributed by atoms with Crippen molar-refractivity contribution in [1.82, 2.24) is 5.32 Å². The summed E-state index contributed by atoms with van der Waals surface area (Å²) < 4.78 is 11.4. The second-order valence-electron chi connectivity index (χ2n) is 5.49. The highest BCUT2D eigenvalue weighted by Crippen LogP contribution is 2.26. The van der Waals surface area contributed by atoms with Crippen molar-refractivity contribution < 1.29 is 9.47 Å². The molecule has 0 bridgehead atoms. The fourth-order valence-electron chi connectivity index (χ4n) is 2.46. The molecule has 0 aliphatic rings. The highest BCUT2D eigenvalue weighted by molar-refractivity contribution is 5.39. The molecule has 0 spiro atoms. The van der Waals surface area contributed by atoms with Gasteiger partial charge in [-0.25, -0.2) is 0 Å². The van der Waals surface area contributed by atoms with Gasteiger partial charge in [-0.2, -0.15) is 0 Å². The Balaban J connectivity index is 2.58. The summed E-state index contributed by atoms with van der Waals surface area (Å²) >= 11 is 0. The normalized spacial score (nSPS) is 12.4. The minimum atomic E-state index is 0.191. The van der Waals surface area contributed by atoms with E-state index in [0.717, 1.165) is 25.3 Å². The summed E-state index contributed by atoms with van der Waals surface area (Å²) in [5.41, 5.74) is 2.43. The van der Waals surface area contributed by atoms with Crippen LogP contribution in [0.1, 0.15) is 56.7 Å². The predicted molar refractivity (Wildman–Crippen MR) is 89.1 cm³/mol. The van der Waals surface area contributed by atoms with Gasteiger partial charge in [0, 0.05) is 12.2 Å². The van der Waals surface area contributed by atoms with Crippen LogP contribution in [0.4, 0.5) is 0 Å². The molecule has 0 saturated carbocycles. The van der Waals surface area contributed by atoms with Gasteiger partial charge in [0.1, 0.15) is 5.75 Å². The number of aryl methyl sites for hydroxylation is 1. The van der Waals surface area contributed by atoms with Crippen molar-refractivity contribution in [3.63, 3.8) is 0 Å². The molecular weight excluding hydrogens is 262 g/mol. The molecule has 120 valence electrons. The summed E-state index contributed by atoms with van der Waals surface area (Å²) in [7, 11) is 1.72. The van der Waals surface area contributed by atoms with Gasteiger partial charge < -0.3 is 14.8 Å². The molecule has 0 radical (unpaired) electrons. The maximum atomic E-state index is 5.87. The van der Waals surface area contributed by atoms with E-state index in [1.54, 1.807) is 7.11 Å². The highest BCUT2D eigenvalue weighted by atomic mass is 16.5. The topological polar surface area (TPSA) is 30.5 Å². The SMILES string of the molecule is CCCCCCOCC(NCC)c1cc(C)ccc1OC. The second kappa shape index (κ2) is 10.6. The summed E-state index contributed by atoms with van der Waals surface area (Å²) in [5.74, 6) is 0.932. The lowest BCUT2D eigenvalue weighted by Gasteiger charge is -2.21. The van der Waals surface area contributed by atoms with Crippen LogP contribution in [0, 0.1) is 6.92 Å². The lowest BCUT2D eigenvalue weighted by atomic mass is 10.0. The first-order valence-electron chi connectivity index (χ1n) is 8.18. The number of nitrogens with one attached hydrogen (secondary N) is 1. The smallest absolute Gasteiger partial charge is 0.123 e. The highest BCUT2D eigenvalue weighted by Gasteiger charge is 2.15. The van der Waals surface area contributed by atoms with Gasteiger partial charge in [-0.1, -0.05) is 50.8 Å². The number of rotatable bonds is 11. The molecule has 21 heavy (non-hydrogen) atoms. The monoisotopic (exact) mass is 293 g/mol. The van der Waals surface area contributed by atoms with Crippen molar-refractivity contribution in [2.24, 2.45) is 0 Å². The first-order chi connectivity index (χ1) is 10.2. The fraction of sp³-hybridized carbons (Fsp3) is 0.667. The van der Waals surface area contributed by atoms with Crippen LogP contribution in [0.15, 0.2) is 18.2 Å². The van der Waals surface area contributed by atoms with E-state index in [0.29, 0.717) is 6.61 Å². The number of ether oxygens (including phenoxy) is 2. The molecule has 1 rings (SSSR count). The Morgan fingerprint density at radius 2 is 1.95 bits per heavy atom. The quantitative estimate of drug-likeness (QED) is 0.619. The number of benzene rings is 1. The molecule has 1 aromatic rings. The predicted octanol–water partition coefficient (Wildman–Crippen LogP) is 4.25. The lowest BCUT2D eigenvalue weighted by molar-refractivity contribution is 0.107. The van der Waals surface area contributed by atoms with Gasteiger partial charge in [-0.15, -0.1) is 0 Å². The van der Waals surface area contributed by atoms with Crippen LogP contribution in [0.5, 0.6) is 5.75 Å². The van der Waals surface area contributed by atoms with Crippen LogP contribution in [0.2, 0.25) is 0 Å². The largest absolute Gasteiger partial charge is 0.496 e. The van der Waals surface area contributed by atoms with E-state index in [4.69, 9.17) is 9.47 Å². The van der Waals surface area contributed by atoms with Crippen molar-refractivity contribution in [2.75, 3.05) is 26.9 Å². The molecule has 0 saturated heterocycles. The zero-order chi connectivity index (χ0) is 15.5. The Morgan fingerprint density at radius 1 is 1.14 bits per heavy atom. The number of hydrogen-bond donors (Lipinski definition) is 1. The Morgan fingerprint density at radius 3 is 2.62 bits per heavy atom. The zero-order valence-electron chi connectivity index (χ0n) is 14.1. The van der Waals surface area contributed by atoms with E-state index in [9.17, 15) is 0 Å². The van der Waals surface area contributed by atoms with Gasteiger partial charge in [0.2, 0.25) is 0 Å². The molecular formula is C18H31NO2. The molecule has 0 aliphatic heterocycles. The number of methoxy groups -OCH3 is 1. The minimum Gasteiger partial charge on any atom is -0.496 e. The Hall–Kier alpha value is -1.06. The van der Waals surface area contributed by atoms with Gasteiger partial charge in [-0.05, 0) is 26.0 Å². The Bertz CT molecular complexity index is 393. The van der Waals surface area contributed by atoms with Crippen LogP contribution in [0.3, 0.4) is 0 Å². The molecule has 0 amide bonds. The van der Waals surface area contributed by atoms with E-state index in [1.807, 2.05) is 6.07 Å². The van der Waals surface area contributed by atoms with Crippen LogP contribution in [-0.4, -0.2) is 26.9 Å². The molecule has 0 heterocycles. The number of likely N-dealkylation sites (N-methyl/N-ethyl adjacent to an activating group) is 1. The molecule has 1 aromatic carbocycles. The van der Waals surface area contributed by atoms with Crippen LogP contribution >= 0.6 is 0 Å². The summed E-state index contributed by atoms with van der Waals surface area (Å²) in [6.45, 7) is 8.91. The lowest BCUT2D eigenvalue weighted by Crippen LogP contribution is -2.26. The molecule has 0 aromatic heterocycles. The summed E-state index contributed by atoms with van der Waals surface area (Å²) in [6.07, 6.45) is 4.97. The van der Waals surface area contributed by atoms with Crippen molar-refractivity contribution in [2.45, 2.75) is 52.5 Å². The number of hydrogen-bond acceptors (Lipinski definition) is 3. The third kappa shape index (κ3) is 6.49. The summed E-state index contributed by atoms with van der Waals surface area (Å²) in [5, 5.41) is 3.50. The maximum Gasteiger partial charge on any atom is 0.123 e. The molecule has 3 nitrogen and oxygen atoms in total. The second-order valence-corrected chi connectivity index (χ2v) is 5.49.